The molecule has 0 radical (unpaired) electrons. The Balaban J connectivity index is 1.52. The van der Waals surface area contributed by atoms with E-state index in [9.17, 15) is 9.18 Å². The van der Waals surface area contributed by atoms with Crippen LogP contribution in [0.5, 0.6) is 0 Å². The van der Waals surface area contributed by atoms with E-state index < -0.39 is 0 Å². The summed E-state index contributed by atoms with van der Waals surface area (Å²) in [6.07, 6.45) is -0.0943. The quantitative estimate of drug-likeness (QED) is 0.721. The fourth-order valence-electron chi connectivity index (χ4n) is 3.14. The molecule has 1 saturated heterocycles. The van der Waals surface area contributed by atoms with Crippen LogP contribution in [-0.4, -0.2) is 34.0 Å². The highest BCUT2D eigenvalue weighted by Gasteiger charge is 2.22. The predicted molar refractivity (Wildman–Crippen MR) is 94.4 cm³/mol. The summed E-state index contributed by atoms with van der Waals surface area (Å²) in [6.45, 7) is 4.57. The lowest BCUT2D eigenvalue weighted by Crippen LogP contribution is -2.38. The average Bonchev–Trinajstić information content (AvgIpc) is 2.97. The molecule has 130 valence electrons. The van der Waals surface area contributed by atoms with Crippen LogP contribution in [0.15, 0.2) is 40.5 Å². The van der Waals surface area contributed by atoms with Crippen molar-refractivity contribution in [3.63, 3.8) is 0 Å². The van der Waals surface area contributed by atoms with Crippen LogP contribution >= 0.6 is 11.3 Å². The third kappa shape index (κ3) is 3.35. The second-order valence-electron chi connectivity index (χ2n) is 6.23. The van der Waals surface area contributed by atoms with E-state index in [-0.39, 0.29) is 17.5 Å². The summed E-state index contributed by atoms with van der Waals surface area (Å²) in [5.41, 5.74) is 2.60. The molecule has 1 aromatic carbocycles. The van der Waals surface area contributed by atoms with Crippen molar-refractivity contribution < 1.29 is 9.13 Å². The van der Waals surface area contributed by atoms with Gasteiger partial charge in [-0.15, -0.1) is 11.3 Å². The lowest BCUT2D eigenvalue weighted by molar-refractivity contribution is -0.0333. The predicted octanol–water partition coefficient (Wildman–Crippen LogP) is 2.78. The van der Waals surface area contributed by atoms with Crippen molar-refractivity contribution in [3.8, 4) is 0 Å². The minimum atomic E-state index is -0.249. The van der Waals surface area contributed by atoms with E-state index in [1.165, 1.54) is 23.5 Å². The third-order valence-corrected chi connectivity index (χ3v) is 5.35. The van der Waals surface area contributed by atoms with Gasteiger partial charge < -0.3 is 4.74 Å². The van der Waals surface area contributed by atoms with Crippen molar-refractivity contribution in [2.24, 2.45) is 0 Å². The molecule has 3 heterocycles. The van der Waals surface area contributed by atoms with Gasteiger partial charge in [-0.05, 0) is 24.6 Å². The Labute approximate surface area is 148 Å². The first-order chi connectivity index (χ1) is 12.1. The molecule has 1 aliphatic heterocycles. The van der Waals surface area contributed by atoms with Crippen LogP contribution in [0.1, 0.15) is 23.1 Å². The van der Waals surface area contributed by atoms with Crippen LogP contribution < -0.4 is 5.56 Å². The molecular formula is C18H18FN3O2S. The van der Waals surface area contributed by atoms with E-state index in [0.29, 0.717) is 19.7 Å². The Morgan fingerprint density at radius 1 is 1.36 bits per heavy atom. The maximum atomic E-state index is 13.1. The fraction of sp³-hybridized carbons (Fsp3) is 0.333. The average molecular weight is 359 g/mol. The number of nitrogens with zero attached hydrogens (tertiary/aromatic N) is 3. The van der Waals surface area contributed by atoms with E-state index in [4.69, 9.17) is 4.74 Å². The molecule has 4 rings (SSSR count). The van der Waals surface area contributed by atoms with Crippen LogP contribution in [0.25, 0.3) is 4.96 Å². The van der Waals surface area contributed by atoms with Crippen LogP contribution in [0, 0.1) is 12.7 Å². The van der Waals surface area contributed by atoms with Gasteiger partial charge in [-0.25, -0.2) is 9.37 Å². The summed E-state index contributed by atoms with van der Waals surface area (Å²) < 4.78 is 20.5. The van der Waals surface area contributed by atoms with Gasteiger partial charge in [0.2, 0.25) is 0 Å². The second kappa shape index (κ2) is 6.67. The van der Waals surface area contributed by atoms with Gasteiger partial charge in [0.15, 0.2) is 4.96 Å². The number of rotatable bonds is 3. The first kappa shape index (κ1) is 16.4. The Morgan fingerprint density at radius 3 is 2.96 bits per heavy atom. The first-order valence-electron chi connectivity index (χ1n) is 8.16. The van der Waals surface area contributed by atoms with Crippen molar-refractivity contribution >= 4 is 16.3 Å². The molecule has 0 bridgehead atoms. The molecule has 0 amide bonds. The first-order valence-corrected chi connectivity index (χ1v) is 9.04. The molecule has 0 aliphatic carbocycles. The fourth-order valence-corrected chi connectivity index (χ4v) is 4.03. The number of hydrogen-bond donors (Lipinski definition) is 0. The molecule has 0 saturated carbocycles. The molecule has 0 spiro atoms. The van der Waals surface area contributed by atoms with E-state index >= 15 is 0 Å². The van der Waals surface area contributed by atoms with Gasteiger partial charge >= 0.3 is 0 Å². The van der Waals surface area contributed by atoms with Crippen molar-refractivity contribution in [2.45, 2.75) is 19.6 Å². The van der Waals surface area contributed by atoms with Gasteiger partial charge in [0, 0.05) is 36.8 Å². The minimum Gasteiger partial charge on any atom is -0.371 e. The normalized spacial score (nSPS) is 18.7. The summed E-state index contributed by atoms with van der Waals surface area (Å²) in [6, 6.07) is 8.03. The number of halogens is 1. The lowest BCUT2D eigenvalue weighted by Gasteiger charge is -2.32. The molecule has 0 N–H and O–H groups in total. The number of thiazole rings is 1. The number of fused-ring (bicyclic) bond motifs is 1. The maximum absolute atomic E-state index is 13.1. The highest BCUT2D eigenvalue weighted by molar-refractivity contribution is 7.15. The van der Waals surface area contributed by atoms with Gasteiger partial charge in [0.1, 0.15) is 5.82 Å². The van der Waals surface area contributed by atoms with Crippen LogP contribution in [-0.2, 0) is 11.3 Å². The molecule has 3 aromatic rings. The molecule has 25 heavy (non-hydrogen) atoms. The van der Waals surface area contributed by atoms with Crippen LogP contribution in [0.2, 0.25) is 0 Å². The Kier molecular flexibility index (Phi) is 4.37. The second-order valence-corrected chi connectivity index (χ2v) is 7.06. The number of morpholine rings is 1. The molecule has 0 unspecified atom stereocenters. The summed E-state index contributed by atoms with van der Waals surface area (Å²) >= 11 is 1.48. The Hall–Kier alpha value is -2.09. The largest absolute Gasteiger partial charge is 0.371 e. The molecule has 1 fully saturated rings. The van der Waals surface area contributed by atoms with Crippen molar-refractivity contribution in [2.75, 3.05) is 19.7 Å². The Bertz CT molecular complexity index is 951. The van der Waals surface area contributed by atoms with Gasteiger partial charge in [0.05, 0.1) is 18.4 Å². The molecular weight excluding hydrogens is 341 g/mol. The molecule has 2 aromatic heterocycles. The minimum absolute atomic E-state index is 0.0397. The highest BCUT2D eigenvalue weighted by Crippen LogP contribution is 2.23. The standard InChI is InChI=1S/C18H18FN3O2S/c1-12-11-25-18-20-15(8-17(23)22(12)18)9-21-6-7-24-16(10-21)13-2-4-14(19)5-3-13/h2-5,8,11,16H,6-7,9-10H2,1H3/t16-/m1/s1. The summed E-state index contributed by atoms with van der Waals surface area (Å²) in [7, 11) is 0. The zero-order valence-corrected chi connectivity index (χ0v) is 14.6. The third-order valence-electron chi connectivity index (χ3n) is 4.41. The van der Waals surface area contributed by atoms with Crippen LogP contribution in [0.4, 0.5) is 4.39 Å². The van der Waals surface area contributed by atoms with Gasteiger partial charge in [-0.2, -0.15) is 0 Å². The number of benzene rings is 1. The molecule has 1 atom stereocenters. The number of hydrogen-bond acceptors (Lipinski definition) is 5. The van der Waals surface area contributed by atoms with Gasteiger partial charge in [0.25, 0.3) is 5.56 Å². The summed E-state index contributed by atoms with van der Waals surface area (Å²) in [5, 5.41) is 1.94. The molecule has 5 nitrogen and oxygen atoms in total. The zero-order chi connectivity index (χ0) is 17.4. The van der Waals surface area contributed by atoms with Crippen molar-refractivity contribution in [1.82, 2.24) is 14.3 Å². The van der Waals surface area contributed by atoms with Crippen molar-refractivity contribution in [3.05, 3.63) is 68.8 Å². The Morgan fingerprint density at radius 2 is 2.16 bits per heavy atom. The molecule has 1 aliphatic rings. The van der Waals surface area contributed by atoms with Crippen molar-refractivity contribution in [1.29, 1.82) is 0 Å². The van der Waals surface area contributed by atoms with E-state index in [2.05, 4.69) is 9.88 Å². The van der Waals surface area contributed by atoms with E-state index in [1.807, 2.05) is 12.3 Å². The number of ether oxygens (including phenoxy) is 1. The smallest absolute Gasteiger partial charge is 0.259 e. The zero-order valence-electron chi connectivity index (χ0n) is 13.8. The lowest BCUT2D eigenvalue weighted by atomic mass is 10.1. The van der Waals surface area contributed by atoms with E-state index in [0.717, 1.165) is 28.5 Å². The SMILES string of the molecule is Cc1csc2nc(CN3CCO[C@@H](c4ccc(F)cc4)C3)cc(=O)n12. The summed E-state index contributed by atoms with van der Waals surface area (Å²) in [4.78, 5) is 19.8. The monoisotopic (exact) mass is 359 g/mol. The number of aryl methyl sites for hydroxylation is 1. The summed E-state index contributed by atoms with van der Waals surface area (Å²) in [5.74, 6) is -0.249. The molecule has 7 heteroatoms. The van der Waals surface area contributed by atoms with E-state index in [1.54, 1.807) is 22.6 Å². The maximum Gasteiger partial charge on any atom is 0.259 e. The van der Waals surface area contributed by atoms with Crippen LogP contribution in [0.3, 0.4) is 0 Å². The highest BCUT2D eigenvalue weighted by atomic mass is 32.1. The topological polar surface area (TPSA) is 46.8 Å². The van der Waals surface area contributed by atoms with Gasteiger partial charge in [-0.1, -0.05) is 12.1 Å². The number of aromatic nitrogens is 2. The van der Waals surface area contributed by atoms with Gasteiger partial charge in [-0.3, -0.25) is 14.1 Å².